The molecule has 0 spiro atoms. The molecule has 0 radical (unpaired) electrons. The fourth-order valence-electron chi connectivity index (χ4n) is 2.70. The number of rotatable bonds is 5. The Kier molecular flexibility index (Phi) is 5.73. The fraction of sp³-hybridized carbons (Fsp3) is 0.278. The second-order valence-electron chi connectivity index (χ2n) is 5.99. The van der Waals surface area contributed by atoms with Crippen molar-refractivity contribution in [1.82, 2.24) is 9.73 Å². The van der Waals surface area contributed by atoms with Gasteiger partial charge in [-0.3, -0.25) is 15.2 Å². The summed E-state index contributed by atoms with van der Waals surface area (Å²) in [4.78, 5) is 12.4. The van der Waals surface area contributed by atoms with E-state index in [1.807, 2.05) is 6.07 Å². The van der Waals surface area contributed by atoms with E-state index in [1.54, 1.807) is 31.3 Å². The maximum atomic E-state index is 14.2. The number of morpholine rings is 1. The Balaban J connectivity index is 1.83. The van der Waals surface area contributed by atoms with E-state index in [0.717, 1.165) is 18.2 Å². The first-order chi connectivity index (χ1) is 12.9. The summed E-state index contributed by atoms with van der Waals surface area (Å²) in [5.74, 6) is -1.53. The number of sulfonamides is 1. The molecule has 0 aliphatic carbocycles. The van der Waals surface area contributed by atoms with Crippen LogP contribution in [0, 0.1) is 5.82 Å². The summed E-state index contributed by atoms with van der Waals surface area (Å²) in [6.07, 6.45) is 0. The average Bonchev–Trinajstić information content (AvgIpc) is 2.69. The fourth-order valence-corrected chi connectivity index (χ4v) is 4.14. The minimum Gasteiger partial charge on any atom is -0.379 e. The molecule has 1 N–H and O–H groups in total. The van der Waals surface area contributed by atoms with Gasteiger partial charge in [0.1, 0.15) is 5.82 Å². The van der Waals surface area contributed by atoms with Crippen molar-refractivity contribution in [2.45, 2.75) is 4.90 Å². The predicted octanol–water partition coefficient (Wildman–Crippen LogP) is 1.63. The van der Waals surface area contributed by atoms with E-state index in [1.165, 1.54) is 9.31 Å². The SMILES string of the molecule is CN(NC(=O)c1cc(S(=O)(=O)N2CCOCC2)ccc1F)c1ccccc1. The van der Waals surface area contributed by atoms with Gasteiger partial charge in [-0.2, -0.15) is 4.31 Å². The normalized spacial score (nSPS) is 15.3. The Morgan fingerprint density at radius 3 is 2.48 bits per heavy atom. The highest BCUT2D eigenvalue weighted by molar-refractivity contribution is 7.89. The van der Waals surface area contributed by atoms with Crippen LogP contribution >= 0.6 is 0 Å². The van der Waals surface area contributed by atoms with E-state index in [2.05, 4.69) is 5.43 Å². The van der Waals surface area contributed by atoms with E-state index in [-0.39, 0.29) is 23.5 Å². The first-order valence-electron chi connectivity index (χ1n) is 8.37. The largest absolute Gasteiger partial charge is 0.379 e. The molecule has 1 fully saturated rings. The lowest BCUT2D eigenvalue weighted by Gasteiger charge is -2.26. The Labute approximate surface area is 157 Å². The van der Waals surface area contributed by atoms with E-state index in [9.17, 15) is 17.6 Å². The lowest BCUT2D eigenvalue weighted by molar-refractivity contribution is 0.0730. The molecule has 144 valence electrons. The van der Waals surface area contributed by atoms with Crippen LogP contribution in [0.25, 0.3) is 0 Å². The Morgan fingerprint density at radius 2 is 1.81 bits per heavy atom. The third kappa shape index (κ3) is 4.26. The van der Waals surface area contributed by atoms with Crippen molar-refractivity contribution in [3.05, 3.63) is 59.9 Å². The average molecular weight is 393 g/mol. The van der Waals surface area contributed by atoms with Gasteiger partial charge in [0, 0.05) is 20.1 Å². The first-order valence-corrected chi connectivity index (χ1v) is 9.81. The van der Waals surface area contributed by atoms with Gasteiger partial charge in [0.2, 0.25) is 10.0 Å². The number of carbonyl (C=O) groups excluding carboxylic acids is 1. The maximum absolute atomic E-state index is 14.2. The van der Waals surface area contributed by atoms with Crippen LogP contribution in [0.5, 0.6) is 0 Å². The van der Waals surface area contributed by atoms with Crippen molar-refractivity contribution in [2.24, 2.45) is 0 Å². The van der Waals surface area contributed by atoms with Gasteiger partial charge in [-0.25, -0.2) is 12.8 Å². The number of nitrogens with one attached hydrogen (secondary N) is 1. The van der Waals surface area contributed by atoms with Crippen molar-refractivity contribution in [2.75, 3.05) is 38.4 Å². The molecule has 0 bridgehead atoms. The summed E-state index contributed by atoms with van der Waals surface area (Å²) in [5.41, 5.74) is 2.89. The number of benzene rings is 2. The summed E-state index contributed by atoms with van der Waals surface area (Å²) in [7, 11) is -2.21. The highest BCUT2D eigenvalue weighted by Crippen LogP contribution is 2.20. The quantitative estimate of drug-likeness (QED) is 0.781. The molecular formula is C18H20FN3O4S. The van der Waals surface area contributed by atoms with Crippen LogP contribution in [0.1, 0.15) is 10.4 Å². The van der Waals surface area contributed by atoms with Gasteiger partial charge in [-0.15, -0.1) is 0 Å². The molecule has 7 nitrogen and oxygen atoms in total. The Bertz CT molecular complexity index is 915. The summed E-state index contributed by atoms with van der Waals surface area (Å²) in [5, 5.41) is 1.44. The molecule has 0 unspecified atom stereocenters. The zero-order chi connectivity index (χ0) is 19.4. The van der Waals surface area contributed by atoms with Gasteiger partial charge in [-0.1, -0.05) is 18.2 Å². The summed E-state index contributed by atoms with van der Waals surface area (Å²) < 4.78 is 46.1. The molecule has 0 aromatic heterocycles. The molecule has 3 rings (SSSR count). The van der Waals surface area contributed by atoms with Crippen molar-refractivity contribution >= 4 is 21.6 Å². The molecule has 27 heavy (non-hydrogen) atoms. The van der Waals surface area contributed by atoms with Crippen molar-refractivity contribution in [1.29, 1.82) is 0 Å². The number of carbonyl (C=O) groups is 1. The van der Waals surface area contributed by atoms with Crippen molar-refractivity contribution < 1.29 is 22.3 Å². The summed E-state index contributed by atoms with van der Waals surface area (Å²) >= 11 is 0. The highest BCUT2D eigenvalue weighted by atomic mass is 32.2. The number of hydrogen-bond donors (Lipinski definition) is 1. The predicted molar refractivity (Wildman–Crippen MR) is 98.3 cm³/mol. The Morgan fingerprint density at radius 1 is 1.15 bits per heavy atom. The maximum Gasteiger partial charge on any atom is 0.272 e. The third-order valence-electron chi connectivity index (χ3n) is 4.20. The Hall–Kier alpha value is -2.49. The third-order valence-corrected chi connectivity index (χ3v) is 6.10. The minimum atomic E-state index is -3.82. The number of para-hydroxylation sites is 1. The van der Waals surface area contributed by atoms with Gasteiger partial charge < -0.3 is 4.74 Å². The van der Waals surface area contributed by atoms with Crippen LogP contribution in [0.3, 0.4) is 0 Å². The molecule has 1 aliphatic heterocycles. The van der Waals surface area contributed by atoms with Crippen LogP contribution in [0.15, 0.2) is 53.4 Å². The standard InChI is InChI=1S/C18H20FN3O4S/c1-21(14-5-3-2-4-6-14)20-18(23)16-13-15(7-8-17(16)19)27(24,25)22-9-11-26-12-10-22/h2-8,13H,9-12H2,1H3,(H,20,23). The molecule has 1 amide bonds. The van der Waals surface area contributed by atoms with E-state index in [0.29, 0.717) is 18.9 Å². The van der Waals surface area contributed by atoms with E-state index in [4.69, 9.17) is 4.74 Å². The molecule has 1 aliphatic rings. The minimum absolute atomic E-state index is 0.127. The van der Waals surface area contributed by atoms with Gasteiger partial charge in [0.05, 0.1) is 29.4 Å². The van der Waals surface area contributed by atoms with Gasteiger partial charge in [-0.05, 0) is 30.3 Å². The smallest absolute Gasteiger partial charge is 0.272 e. The topological polar surface area (TPSA) is 79.0 Å². The van der Waals surface area contributed by atoms with Crippen LogP contribution in [-0.2, 0) is 14.8 Å². The lowest BCUT2D eigenvalue weighted by Crippen LogP contribution is -2.41. The van der Waals surface area contributed by atoms with Crippen LogP contribution in [-0.4, -0.2) is 52.0 Å². The second-order valence-corrected chi connectivity index (χ2v) is 7.93. The molecule has 1 saturated heterocycles. The highest BCUT2D eigenvalue weighted by Gasteiger charge is 2.28. The molecule has 2 aromatic carbocycles. The molecule has 2 aromatic rings. The van der Waals surface area contributed by atoms with Crippen LogP contribution in [0.4, 0.5) is 10.1 Å². The van der Waals surface area contributed by atoms with Crippen molar-refractivity contribution in [3.8, 4) is 0 Å². The summed E-state index contributed by atoms with van der Waals surface area (Å²) in [6, 6.07) is 12.2. The van der Waals surface area contributed by atoms with Gasteiger partial charge in [0.25, 0.3) is 5.91 Å². The van der Waals surface area contributed by atoms with Crippen LogP contribution < -0.4 is 10.4 Å². The lowest BCUT2D eigenvalue weighted by atomic mass is 10.2. The van der Waals surface area contributed by atoms with Gasteiger partial charge in [0.15, 0.2) is 0 Å². The number of hydrogen-bond acceptors (Lipinski definition) is 5. The number of anilines is 1. The second kappa shape index (κ2) is 8.03. The monoisotopic (exact) mass is 393 g/mol. The summed E-state index contributed by atoms with van der Waals surface area (Å²) in [6.45, 7) is 1.04. The van der Waals surface area contributed by atoms with Gasteiger partial charge >= 0.3 is 0 Å². The van der Waals surface area contributed by atoms with E-state index >= 15 is 0 Å². The number of nitrogens with zero attached hydrogens (tertiary/aromatic N) is 2. The number of hydrazine groups is 1. The first kappa shape index (κ1) is 19.3. The number of amides is 1. The molecule has 0 saturated carbocycles. The van der Waals surface area contributed by atoms with Crippen LogP contribution in [0.2, 0.25) is 0 Å². The van der Waals surface area contributed by atoms with E-state index < -0.39 is 21.7 Å². The molecule has 0 atom stereocenters. The number of ether oxygens (including phenoxy) is 1. The molecule has 9 heteroatoms. The molecular weight excluding hydrogens is 373 g/mol. The zero-order valence-electron chi connectivity index (χ0n) is 14.8. The van der Waals surface area contributed by atoms with Crippen molar-refractivity contribution in [3.63, 3.8) is 0 Å². The zero-order valence-corrected chi connectivity index (χ0v) is 15.6. The molecule has 1 heterocycles. The number of halogens is 1.